The first-order valence-electron chi connectivity index (χ1n) is 18.2. The first-order valence-corrected chi connectivity index (χ1v) is 18.2. The third-order valence-electron chi connectivity index (χ3n) is 10.7. The molecule has 2 aliphatic heterocycles. The van der Waals surface area contributed by atoms with Crippen molar-refractivity contribution in [2.45, 2.75) is 51.0 Å². The molecule has 266 valence electrons. The van der Waals surface area contributed by atoms with Gasteiger partial charge >= 0.3 is 0 Å². The number of nitrogens with zero attached hydrogens (tertiary/aromatic N) is 2. The van der Waals surface area contributed by atoms with E-state index in [-0.39, 0.29) is 43.2 Å². The minimum absolute atomic E-state index is 0.00854. The van der Waals surface area contributed by atoms with Crippen LogP contribution in [0.3, 0.4) is 0 Å². The van der Waals surface area contributed by atoms with Gasteiger partial charge < -0.3 is 14.6 Å². The number of imide groups is 1. The Morgan fingerprint density at radius 3 is 2.04 bits per heavy atom. The average molecular weight is 703 g/mol. The summed E-state index contributed by atoms with van der Waals surface area (Å²) < 4.78 is 13.4. The highest BCUT2D eigenvalue weighted by Crippen LogP contribution is 2.40. The summed E-state index contributed by atoms with van der Waals surface area (Å²) in [5.74, 6) is -0.537. The van der Waals surface area contributed by atoms with E-state index in [4.69, 9.17) is 9.47 Å². The van der Waals surface area contributed by atoms with Crippen LogP contribution in [0.1, 0.15) is 80.3 Å². The van der Waals surface area contributed by atoms with Crippen LogP contribution in [-0.2, 0) is 22.6 Å². The molecule has 4 atom stereocenters. The predicted molar refractivity (Wildman–Crippen MR) is 206 cm³/mol. The topological polar surface area (TPSA) is 79.3 Å². The molecule has 8 rings (SSSR count). The van der Waals surface area contributed by atoms with Gasteiger partial charge in [-0.15, -0.1) is 0 Å². The van der Waals surface area contributed by atoms with Gasteiger partial charge in [-0.1, -0.05) is 121 Å². The van der Waals surface area contributed by atoms with Gasteiger partial charge in [0, 0.05) is 24.6 Å². The third kappa shape index (κ3) is 7.04. The third-order valence-corrected chi connectivity index (χ3v) is 10.7. The zero-order chi connectivity index (χ0) is 36.5. The number of rotatable bonds is 10. The first kappa shape index (κ1) is 34.6. The minimum Gasteiger partial charge on any atom is -0.392 e. The van der Waals surface area contributed by atoms with E-state index in [1.165, 1.54) is 21.2 Å². The quantitative estimate of drug-likeness (QED) is 0.144. The highest BCUT2D eigenvalue weighted by molar-refractivity contribution is 6.21. The van der Waals surface area contributed by atoms with Gasteiger partial charge in [-0.2, -0.15) is 0 Å². The molecular weight excluding hydrogens is 661 g/mol. The summed E-state index contributed by atoms with van der Waals surface area (Å²) in [7, 11) is 2.15. The van der Waals surface area contributed by atoms with E-state index in [1.54, 1.807) is 24.3 Å². The fourth-order valence-electron chi connectivity index (χ4n) is 7.55. The van der Waals surface area contributed by atoms with Crippen LogP contribution in [-0.4, -0.2) is 46.4 Å². The number of hydrogen-bond acceptors (Lipinski definition) is 6. The van der Waals surface area contributed by atoms with Gasteiger partial charge in [-0.05, 0) is 76.3 Å². The van der Waals surface area contributed by atoms with Crippen molar-refractivity contribution >= 4 is 22.6 Å². The van der Waals surface area contributed by atoms with Gasteiger partial charge in [0.2, 0.25) is 0 Å². The number of benzene rings is 6. The number of hydrogen-bond donors (Lipinski definition) is 1. The zero-order valence-electron chi connectivity index (χ0n) is 29.9. The highest BCUT2D eigenvalue weighted by Gasteiger charge is 2.36. The fraction of sp³-hybridized carbons (Fsp3) is 0.217. The molecule has 0 saturated carbocycles. The summed E-state index contributed by atoms with van der Waals surface area (Å²) in [4.78, 5) is 30.0. The van der Waals surface area contributed by atoms with Crippen molar-refractivity contribution in [3.63, 3.8) is 0 Å². The van der Waals surface area contributed by atoms with E-state index in [9.17, 15) is 14.7 Å². The summed E-state index contributed by atoms with van der Waals surface area (Å²) in [6.07, 6.45) is -0.212. The average Bonchev–Trinajstić information content (AvgIpc) is 3.45. The molecule has 0 unspecified atom stereocenters. The standard InChI is InChI=1S/C46H42N2O5/c1-30(36-24-19-32-9-3-4-10-37(32)25-36)47(2)28-39-26-43(34-17-15-31(29-49)16-18-34)53-46(52-39)35-22-20-33(21-23-35)40-12-6-5-11-38(40)27-48-44(50)41-13-7-8-14-42(41)45(48)51/h3-25,30,39,43,46,49H,26-29H2,1-2H3/t30-,39+,43-,46-/m1/s1. The number of aliphatic hydroxyl groups is 1. The summed E-state index contributed by atoms with van der Waals surface area (Å²) in [6.45, 7) is 3.12. The number of likely N-dealkylation sites (N-methyl/N-ethyl adjacent to an activating group) is 1. The molecule has 0 aromatic heterocycles. The van der Waals surface area contributed by atoms with Gasteiger partial charge in [0.05, 0.1) is 36.5 Å². The minimum atomic E-state index is -0.594. The molecule has 7 heteroatoms. The lowest BCUT2D eigenvalue weighted by Crippen LogP contribution is -2.38. The summed E-state index contributed by atoms with van der Waals surface area (Å²) in [6, 6.07) is 46.3. The van der Waals surface area contributed by atoms with Crippen molar-refractivity contribution in [3.05, 3.63) is 178 Å². The maximum Gasteiger partial charge on any atom is 0.261 e. The predicted octanol–water partition coefficient (Wildman–Crippen LogP) is 9.03. The Hall–Kier alpha value is -5.44. The number of fused-ring (bicyclic) bond motifs is 2. The van der Waals surface area contributed by atoms with Crippen LogP contribution < -0.4 is 0 Å². The fourth-order valence-corrected chi connectivity index (χ4v) is 7.55. The molecule has 1 N–H and O–H groups in total. The van der Waals surface area contributed by atoms with E-state index < -0.39 is 6.29 Å². The van der Waals surface area contributed by atoms with Gasteiger partial charge in [-0.3, -0.25) is 19.4 Å². The molecule has 1 saturated heterocycles. The van der Waals surface area contributed by atoms with Crippen LogP contribution in [0.15, 0.2) is 140 Å². The molecule has 6 aromatic rings. The maximum absolute atomic E-state index is 13.2. The largest absolute Gasteiger partial charge is 0.392 e. The monoisotopic (exact) mass is 702 g/mol. The lowest BCUT2D eigenvalue weighted by atomic mass is 9.97. The molecule has 0 aliphatic carbocycles. The van der Waals surface area contributed by atoms with Crippen molar-refractivity contribution in [2.75, 3.05) is 13.6 Å². The molecule has 0 radical (unpaired) electrons. The summed E-state index contributed by atoms with van der Waals surface area (Å²) in [5, 5.41) is 12.1. The highest BCUT2D eigenvalue weighted by atomic mass is 16.7. The summed E-state index contributed by atoms with van der Waals surface area (Å²) in [5.41, 5.74) is 7.75. The molecule has 1 fully saturated rings. The van der Waals surface area contributed by atoms with Crippen molar-refractivity contribution in [2.24, 2.45) is 0 Å². The molecule has 53 heavy (non-hydrogen) atoms. The van der Waals surface area contributed by atoms with Gasteiger partial charge in [0.15, 0.2) is 6.29 Å². The summed E-state index contributed by atoms with van der Waals surface area (Å²) >= 11 is 0. The van der Waals surface area contributed by atoms with Crippen molar-refractivity contribution in [3.8, 4) is 11.1 Å². The Kier molecular flexibility index (Phi) is 9.73. The molecule has 2 amide bonds. The van der Waals surface area contributed by atoms with E-state index in [0.29, 0.717) is 24.1 Å². The molecule has 6 aromatic carbocycles. The molecular formula is C46H42N2O5. The van der Waals surface area contributed by atoms with Crippen LogP contribution in [0, 0.1) is 0 Å². The molecule has 2 aliphatic rings. The number of ether oxygens (including phenoxy) is 2. The van der Waals surface area contributed by atoms with Crippen LogP contribution in [0.4, 0.5) is 0 Å². The second-order valence-electron chi connectivity index (χ2n) is 14.1. The van der Waals surface area contributed by atoms with Gasteiger partial charge in [0.1, 0.15) is 0 Å². The lowest BCUT2D eigenvalue weighted by Gasteiger charge is -2.39. The molecule has 2 heterocycles. The van der Waals surface area contributed by atoms with Gasteiger partial charge in [0.25, 0.3) is 11.8 Å². The number of amides is 2. The number of carbonyl (C=O) groups excluding carboxylic acids is 2. The maximum atomic E-state index is 13.2. The Morgan fingerprint density at radius 2 is 1.34 bits per heavy atom. The molecule has 7 nitrogen and oxygen atoms in total. The van der Waals surface area contributed by atoms with E-state index in [1.807, 2.05) is 72.8 Å². The SMILES string of the molecule is C[C@H](c1ccc2ccccc2c1)N(C)C[C@@H]1C[C@H](c2ccc(CO)cc2)O[C@H](c2ccc(-c3ccccc3CN3C(=O)c4ccccc4C3=O)cc2)O1. The van der Waals surface area contributed by atoms with E-state index in [0.717, 1.165) is 33.4 Å². The lowest BCUT2D eigenvalue weighted by molar-refractivity contribution is -0.253. The van der Waals surface area contributed by atoms with Crippen LogP contribution in [0.25, 0.3) is 21.9 Å². The Morgan fingerprint density at radius 1 is 0.717 bits per heavy atom. The zero-order valence-corrected chi connectivity index (χ0v) is 29.9. The first-order chi connectivity index (χ1) is 25.9. The smallest absolute Gasteiger partial charge is 0.261 e. The van der Waals surface area contributed by atoms with Gasteiger partial charge in [-0.25, -0.2) is 0 Å². The Labute approximate surface area is 310 Å². The van der Waals surface area contributed by atoms with Crippen molar-refractivity contribution < 1.29 is 24.2 Å². The van der Waals surface area contributed by atoms with Crippen LogP contribution >= 0.6 is 0 Å². The van der Waals surface area contributed by atoms with Crippen molar-refractivity contribution in [1.82, 2.24) is 9.80 Å². The number of aliphatic hydroxyl groups excluding tert-OH is 1. The molecule has 0 bridgehead atoms. The van der Waals surface area contributed by atoms with Crippen molar-refractivity contribution in [1.29, 1.82) is 0 Å². The normalized spacial score (nSPS) is 19.2. The number of carbonyl (C=O) groups is 2. The van der Waals surface area contributed by atoms with E-state index >= 15 is 0 Å². The Bertz CT molecular complexity index is 2230. The second kappa shape index (κ2) is 14.9. The second-order valence-corrected chi connectivity index (χ2v) is 14.1. The Balaban J connectivity index is 1.02. The van der Waals surface area contributed by atoms with E-state index in [2.05, 4.69) is 61.3 Å². The molecule has 0 spiro atoms. The van der Waals surface area contributed by atoms with Crippen LogP contribution in [0.5, 0.6) is 0 Å². The van der Waals surface area contributed by atoms with Crippen LogP contribution in [0.2, 0.25) is 0 Å².